The van der Waals surface area contributed by atoms with Crippen molar-refractivity contribution in [3.63, 3.8) is 0 Å². The lowest BCUT2D eigenvalue weighted by atomic mass is 9.97. The van der Waals surface area contributed by atoms with Gasteiger partial charge in [0.25, 0.3) is 0 Å². The van der Waals surface area contributed by atoms with Gasteiger partial charge >= 0.3 is 0 Å². The van der Waals surface area contributed by atoms with Crippen LogP contribution >= 0.6 is 11.6 Å². The third-order valence-corrected chi connectivity index (χ3v) is 2.23. The number of hydrogen-bond donors (Lipinski definition) is 0. The molecule has 0 nitrogen and oxygen atoms in total. The minimum atomic E-state index is -0.0747. The van der Waals surface area contributed by atoms with E-state index in [0.29, 0.717) is 0 Å². The second-order valence-corrected chi connectivity index (χ2v) is 3.13. The average Bonchev–Trinajstić information content (AvgIpc) is 1.90. The Balaban J connectivity index is 2.63. The Labute approximate surface area is 61.2 Å². The predicted molar refractivity (Wildman–Crippen MR) is 41.8 cm³/mol. The fraction of sp³-hybridized carbons (Fsp3) is 0.500. The first kappa shape index (κ1) is 6.88. The molecule has 50 valence electrons. The van der Waals surface area contributed by atoms with E-state index in [2.05, 4.69) is 19.1 Å². The smallest absolute Gasteiger partial charge is 0.0660 e. The Hall–Kier alpha value is -0.230. The van der Waals surface area contributed by atoms with Crippen molar-refractivity contribution in [1.29, 1.82) is 0 Å². The molecule has 0 radical (unpaired) electrons. The molecule has 0 heterocycles. The fourth-order valence-corrected chi connectivity index (χ4v) is 1.06. The summed E-state index contributed by atoms with van der Waals surface area (Å²) in [7, 11) is 0. The van der Waals surface area contributed by atoms with E-state index in [1.807, 2.05) is 12.2 Å². The zero-order valence-corrected chi connectivity index (χ0v) is 6.36. The molecule has 1 aliphatic carbocycles. The largest absolute Gasteiger partial charge is 0.114 e. The summed E-state index contributed by atoms with van der Waals surface area (Å²) in [4.78, 5) is -0.0747. The Kier molecular flexibility index (Phi) is 1.97. The molecule has 0 aromatic rings. The van der Waals surface area contributed by atoms with Crippen molar-refractivity contribution in [2.24, 2.45) is 0 Å². The first-order valence-electron chi connectivity index (χ1n) is 3.30. The molecule has 0 N–H and O–H groups in total. The van der Waals surface area contributed by atoms with Crippen LogP contribution in [0.3, 0.4) is 0 Å². The SMILES string of the molecule is CCC1(Cl)C=CC=CC1. The molecule has 0 aliphatic heterocycles. The number of halogens is 1. The number of allylic oxidation sites excluding steroid dienone is 4. The maximum Gasteiger partial charge on any atom is 0.0660 e. The number of rotatable bonds is 1. The fourth-order valence-electron chi connectivity index (χ4n) is 0.901. The summed E-state index contributed by atoms with van der Waals surface area (Å²) in [5.41, 5.74) is 0. The summed E-state index contributed by atoms with van der Waals surface area (Å²) in [5, 5.41) is 0. The molecule has 1 atom stereocenters. The van der Waals surface area contributed by atoms with Gasteiger partial charge in [0.15, 0.2) is 0 Å². The monoisotopic (exact) mass is 142 g/mol. The van der Waals surface area contributed by atoms with E-state index < -0.39 is 0 Å². The molecular weight excluding hydrogens is 132 g/mol. The van der Waals surface area contributed by atoms with Crippen LogP contribution in [0.4, 0.5) is 0 Å². The maximum absolute atomic E-state index is 6.12. The average molecular weight is 143 g/mol. The lowest BCUT2D eigenvalue weighted by Gasteiger charge is -2.20. The third kappa shape index (κ3) is 1.59. The Morgan fingerprint density at radius 1 is 1.56 bits per heavy atom. The highest BCUT2D eigenvalue weighted by Crippen LogP contribution is 2.28. The van der Waals surface area contributed by atoms with Crippen molar-refractivity contribution < 1.29 is 0 Å². The Morgan fingerprint density at radius 3 is 2.67 bits per heavy atom. The van der Waals surface area contributed by atoms with Crippen LogP contribution in [0.5, 0.6) is 0 Å². The Bertz CT molecular complexity index is 147. The van der Waals surface area contributed by atoms with Crippen molar-refractivity contribution in [3.8, 4) is 0 Å². The molecule has 0 aromatic carbocycles. The third-order valence-electron chi connectivity index (χ3n) is 1.69. The Morgan fingerprint density at radius 2 is 2.33 bits per heavy atom. The van der Waals surface area contributed by atoms with Gasteiger partial charge in [0.2, 0.25) is 0 Å². The van der Waals surface area contributed by atoms with Crippen molar-refractivity contribution in [3.05, 3.63) is 24.3 Å². The first-order chi connectivity index (χ1) is 4.27. The molecule has 0 saturated carbocycles. The van der Waals surface area contributed by atoms with Gasteiger partial charge in [-0.2, -0.15) is 0 Å². The topological polar surface area (TPSA) is 0 Å². The molecule has 0 amide bonds. The second kappa shape index (κ2) is 2.57. The molecule has 1 aliphatic rings. The minimum absolute atomic E-state index is 0.0747. The van der Waals surface area contributed by atoms with Crippen LogP contribution in [0.15, 0.2) is 24.3 Å². The molecule has 1 unspecified atom stereocenters. The van der Waals surface area contributed by atoms with Crippen molar-refractivity contribution in [2.45, 2.75) is 24.6 Å². The van der Waals surface area contributed by atoms with Crippen molar-refractivity contribution in [2.75, 3.05) is 0 Å². The van der Waals surface area contributed by atoms with E-state index in [0.717, 1.165) is 12.8 Å². The summed E-state index contributed by atoms with van der Waals surface area (Å²) in [6, 6.07) is 0. The molecule has 0 bridgehead atoms. The molecule has 1 rings (SSSR count). The standard InChI is InChI=1S/C8H11Cl/c1-2-8(9)6-4-3-5-7-8/h3-6H,2,7H2,1H3. The normalized spacial score (nSPS) is 33.1. The molecule has 0 saturated heterocycles. The minimum Gasteiger partial charge on any atom is -0.114 e. The van der Waals surface area contributed by atoms with Gasteiger partial charge in [0.1, 0.15) is 0 Å². The predicted octanol–water partition coefficient (Wildman–Crippen LogP) is 2.89. The highest BCUT2D eigenvalue weighted by molar-refractivity contribution is 6.25. The van der Waals surface area contributed by atoms with Gasteiger partial charge in [-0.15, -0.1) is 11.6 Å². The molecule has 0 fully saturated rings. The highest BCUT2D eigenvalue weighted by atomic mass is 35.5. The summed E-state index contributed by atoms with van der Waals surface area (Å²) in [6.45, 7) is 2.11. The van der Waals surface area contributed by atoms with E-state index in [4.69, 9.17) is 11.6 Å². The highest BCUT2D eigenvalue weighted by Gasteiger charge is 2.20. The molecular formula is C8H11Cl. The van der Waals surface area contributed by atoms with Crippen LogP contribution in [0.25, 0.3) is 0 Å². The van der Waals surface area contributed by atoms with E-state index in [1.54, 1.807) is 0 Å². The first-order valence-corrected chi connectivity index (χ1v) is 3.68. The van der Waals surface area contributed by atoms with Gasteiger partial charge in [0.05, 0.1) is 4.87 Å². The quantitative estimate of drug-likeness (QED) is 0.494. The summed E-state index contributed by atoms with van der Waals surface area (Å²) >= 11 is 6.12. The van der Waals surface area contributed by atoms with Crippen LogP contribution in [0.1, 0.15) is 19.8 Å². The van der Waals surface area contributed by atoms with Crippen LogP contribution in [0, 0.1) is 0 Å². The van der Waals surface area contributed by atoms with Gasteiger partial charge in [0, 0.05) is 0 Å². The lowest BCUT2D eigenvalue weighted by molar-refractivity contribution is 0.675. The molecule has 0 aromatic heterocycles. The lowest BCUT2D eigenvalue weighted by Crippen LogP contribution is -2.16. The van der Waals surface area contributed by atoms with E-state index in [-0.39, 0.29) is 4.87 Å². The van der Waals surface area contributed by atoms with E-state index >= 15 is 0 Å². The zero-order valence-electron chi connectivity index (χ0n) is 5.60. The molecule has 0 spiro atoms. The van der Waals surface area contributed by atoms with Gasteiger partial charge in [-0.1, -0.05) is 31.2 Å². The number of hydrogen-bond acceptors (Lipinski definition) is 0. The van der Waals surface area contributed by atoms with Gasteiger partial charge in [-0.3, -0.25) is 0 Å². The van der Waals surface area contributed by atoms with Gasteiger partial charge < -0.3 is 0 Å². The van der Waals surface area contributed by atoms with Gasteiger partial charge in [-0.25, -0.2) is 0 Å². The second-order valence-electron chi connectivity index (χ2n) is 2.38. The van der Waals surface area contributed by atoms with Crippen LogP contribution in [0.2, 0.25) is 0 Å². The number of alkyl halides is 1. The zero-order chi connectivity index (χ0) is 6.74. The van der Waals surface area contributed by atoms with Crippen LogP contribution < -0.4 is 0 Å². The molecule has 1 heteroatoms. The van der Waals surface area contributed by atoms with E-state index in [9.17, 15) is 0 Å². The summed E-state index contributed by atoms with van der Waals surface area (Å²) < 4.78 is 0. The van der Waals surface area contributed by atoms with Crippen molar-refractivity contribution >= 4 is 11.6 Å². The maximum atomic E-state index is 6.12. The summed E-state index contributed by atoms with van der Waals surface area (Å²) in [5.74, 6) is 0. The van der Waals surface area contributed by atoms with Crippen molar-refractivity contribution in [1.82, 2.24) is 0 Å². The molecule has 9 heavy (non-hydrogen) atoms. The van der Waals surface area contributed by atoms with Crippen LogP contribution in [-0.2, 0) is 0 Å². The van der Waals surface area contributed by atoms with Crippen LogP contribution in [-0.4, -0.2) is 4.87 Å². The van der Waals surface area contributed by atoms with E-state index in [1.165, 1.54) is 0 Å². The summed E-state index contributed by atoms with van der Waals surface area (Å²) in [6.07, 6.45) is 10.2. The van der Waals surface area contributed by atoms with Gasteiger partial charge in [-0.05, 0) is 12.8 Å².